The van der Waals surface area contributed by atoms with Gasteiger partial charge in [0.2, 0.25) is 0 Å². The summed E-state index contributed by atoms with van der Waals surface area (Å²) >= 11 is 0. The van der Waals surface area contributed by atoms with Crippen LogP contribution in [0.2, 0.25) is 0 Å². The molecule has 0 radical (unpaired) electrons. The van der Waals surface area contributed by atoms with Gasteiger partial charge in [0.05, 0.1) is 6.04 Å². The fourth-order valence-electron chi connectivity index (χ4n) is 2.29. The monoisotopic (exact) mass is 227 g/mol. The average molecular weight is 227 g/mol. The predicted octanol–water partition coefficient (Wildman–Crippen LogP) is 1.41. The molecule has 3 unspecified atom stereocenters. The lowest BCUT2D eigenvalue weighted by Crippen LogP contribution is -2.57. The van der Waals surface area contributed by atoms with Crippen molar-refractivity contribution in [1.82, 2.24) is 10.4 Å². The van der Waals surface area contributed by atoms with E-state index in [1.165, 1.54) is 6.42 Å². The SMILES string of the molecule is CCCC(N)C(=O)NN1C(C)CCCC1C. The van der Waals surface area contributed by atoms with Crippen LogP contribution in [0.25, 0.3) is 0 Å². The van der Waals surface area contributed by atoms with Gasteiger partial charge in [-0.3, -0.25) is 10.2 Å². The highest BCUT2D eigenvalue weighted by atomic mass is 16.2. The van der Waals surface area contributed by atoms with Crippen molar-refractivity contribution in [3.8, 4) is 0 Å². The number of nitrogens with one attached hydrogen (secondary N) is 1. The molecule has 1 aliphatic heterocycles. The highest BCUT2D eigenvalue weighted by Gasteiger charge is 2.27. The van der Waals surface area contributed by atoms with Crippen LogP contribution in [0.1, 0.15) is 52.9 Å². The summed E-state index contributed by atoms with van der Waals surface area (Å²) in [5.41, 5.74) is 8.77. The van der Waals surface area contributed by atoms with Crippen molar-refractivity contribution < 1.29 is 4.79 Å². The summed E-state index contributed by atoms with van der Waals surface area (Å²) < 4.78 is 0. The molecule has 0 aliphatic carbocycles. The molecule has 1 saturated heterocycles. The van der Waals surface area contributed by atoms with Gasteiger partial charge in [-0.05, 0) is 33.1 Å². The minimum absolute atomic E-state index is 0.0394. The van der Waals surface area contributed by atoms with E-state index in [1.807, 2.05) is 6.92 Å². The molecular weight excluding hydrogens is 202 g/mol. The molecule has 4 nitrogen and oxygen atoms in total. The van der Waals surface area contributed by atoms with Gasteiger partial charge < -0.3 is 5.73 Å². The number of piperidine rings is 1. The van der Waals surface area contributed by atoms with Crippen LogP contribution in [0.4, 0.5) is 0 Å². The van der Waals surface area contributed by atoms with Gasteiger partial charge >= 0.3 is 0 Å². The molecular formula is C12H25N3O. The third kappa shape index (κ3) is 3.46. The van der Waals surface area contributed by atoms with Gasteiger partial charge in [-0.1, -0.05) is 19.8 Å². The van der Waals surface area contributed by atoms with Crippen molar-refractivity contribution in [2.24, 2.45) is 5.73 Å². The number of nitrogens with zero attached hydrogens (tertiary/aromatic N) is 1. The number of hydrazine groups is 1. The summed E-state index contributed by atoms with van der Waals surface area (Å²) in [7, 11) is 0. The summed E-state index contributed by atoms with van der Waals surface area (Å²) in [6, 6.07) is 0.467. The second-order valence-electron chi connectivity index (χ2n) is 4.91. The summed E-state index contributed by atoms with van der Waals surface area (Å²) in [5, 5.41) is 2.07. The molecule has 1 fully saturated rings. The normalized spacial score (nSPS) is 28.8. The smallest absolute Gasteiger partial charge is 0.251 e. The molecule has 1 amide bonds. The second-order valence-corrected chi connectivity index (χ2v) is 4.91. The zero-order chi connectivity index (χ0) is 12.1. The lowest BCUT2D eigenvalue weighted by atomic mass is 10.00. The molecule has 0 aromatic rings. The minimum atomic E-state index is -0.369. The molecule has 1 rings (SSSR count). The molecule has 94 valence electrons. The highest BCUT2D eigenvalue weighted by Crippen LogP contribution is 2.20. The number of hydrogen-bond acceptors (Lipinski definition) is 3. The molecule has 4 heteroatoms. The Morgan fingerprint density at radius 3 is 2.50 bits per heavy atom. The average Bonchev–Trinajstić information content (AvgIpc) is 2.23. The van der Waals surface area contributed by atoms with Crippen molar-refractivity contribution in [2.75, 3.05) is 0 Å². The van der Waals surface area contributed by atoms with E-state index < -0.39 is 0 Å². The summed E-state index contributed by atoms with van der Waals surface area (Å²) in [6.07, 6.45) is 5.24. The number of carbonyl (C=O) groups excluding carboxylic acids is 1. The van der Waals surface area contributed by atoms with E-state index in [-0.39, 0.29) is 11.9 Å². The summed E-state index contributed by atoms with van der Waals surface area (Å²) in [4.78, 5) is 11.8. The first-order valence-electron chi connectivity index (χ1n) is 6.40. The lowest BCUT2D eigenvalue weighted by Gasteiger charge is -2.39. The Morgan fingerprint density at radius 2 is 2.00 bits per heavy atom. The van der Waals surface area contributed by atoms with Gasteiger partial charge in [-0.2, -0.15) is 0 Å². The first-order chi connectivity index (χ1) is 7.56. The molecule has 0 aromatic heterocycles. The van der Waals surface area contributed by atoms with E-state index in [0.29, 0.717) is 12.1 Å². The lowest BCUT2D eigenvalue weighted by molar-refractivity contribution is -0.130. The number of hydrogen-bond donors (Lipinski definition) is 2. The van der Waals surface area contributed by atoms with Gasteiger partial charge in [-0.25, -0.2) is 5.01 Å². The number of rotatable bonds is 4. The molecule has 3 atom stereocenters. The Hall–Kier alpha value is -0.610. The molecule has 0 aromatic carbocycles. The Balaban J connectivity index is 2.47. The van der Waals surface area contributed by atoms with Crippen LogP contribution in [0, 0.1) is 0 Å². The molecule has 1 heterocycles. The van der Waals surface area contributed by atoms with Crippen molar-refractivity contribution in [3.63, 3.8) is 0 Å². The van der Waals surface area contributed by atoms with E-state index in [0.717, 1.165) is 25.7 Å². The molecule has 16 heavy (non-hydrogen) atoms. The molecule has 0 spiro atoms. The van der Waals surface area contributed by atoms with Crippen molar-refractivity contribution in [1.29, 1.82) is 0 Å². The molecule has 3 N–H and O–H groups in total. The van der Waals surface area contributed by atoms with E-state index in [4.69, 9.17) is 5.73 Å². The molecule has 0 saturated carbocycles. The Morgan fingerprint density at radius 1 is 1.44 bits per heavy atom. The van der Waals surface area contributed by atoms with Crippen LogP contribution in [0.5, 0.6) is 0 Å². The second kappa shape index (κ2) is 6.21. The van der Waals surface area contributed by atoms with Crippen LogP contribution in [0.15, 0.2) is 0 Å². The van der Waals surface area contributed by atoms with E-state index in [9.17, 15) is 4.79 Å². The largest absolute Gasteiger partial charge is 0.320 e. The Kier molecular flexibility index (Phi) is 5.22. The highest BCUT2D eigenvalue weighted by molar-refractivity contribution is 5.80. The molecule has 0 bridgehead atoms. The van der Waals surface area contributed by atoms with Crippen molar-refractivity contribution in [2.45, 2.75) is 71.0 Å². The first kappa shape index (κ1) is 13.5. The van der Waals surface area contributed by atoms with Crippen LogP contribution in [-0.2, 0) is 4.79 Å². The van der Waals surface area contributed by atoms with Gasteiger partial charge in [0.1, 0.15) is 0 Å². The predicted molar refractivity (Wildman–Crippen MR) is 65.6 cm³/mol. The topological polar surface area (TPSA) is 58.4 Å². The summed E-state index contributed by atoms with van der Waals surface area (Å²) in [6.45, 7) is 6.35. The van der Waals surface area contributed by atoms with Gasteiger partial charge in [-0.15, -0.1) is 0 Å². The Labute approximate surface area is 98.5 Å². The minimum Gasteiger partial charge on any atom is -0.320 e. The zero-order valence-corrected chi connectivity index (χ0v) is 10.7. The van der Waals surface area contributed by atoms with Crippen molar-refractivity contribution >= 4 is 5.91 Å². The first-order valence-corrected chi connectivity index (χ1v) is 6.40. The summed E-state index contributed by atoms with van der Waals surface area (Å²) in [5.74, 6) is -0.0394. The molecule has 1 aliphatic rings. The van der Waals surface area contributed by atoms with E-state index in [1.54, 1.807) is 0 Å². The van der Waals surface area contributed by atoms with Crippen LogP contribution >= 0.6 is 0 Å². The number of amides is 1. The number of nitrogens with two attached hydrogens (primary N) is 1. The third-order valence-corrected chi connectivity index (χ3v) is 3.37. The zero-order valence-electron chi connectivity index (χ0n) is 10.7. The van der Waals surface area contributed by atoms with E-state index >= 15 is 0 Å². The van der Waals surface area contributed by atoms with Crippen LogP contribution in [-0.4, -0.2) is 29.0 Å². The fourth-order valence-corrected chi connectivity index (χ4v) is 2.29. The van der Waals surface area contributed by atoms with Crippen molar-refractivity contribution in [3.05, 3.63) is 0 Å². The fraction of sp³-hybridized carbons (Fsp3) is 0.917. The third-order valence-electron chi connectivity index (χ3n) is 3.37. The van der Waals surface area contributed by atoms with Gasteiger partial charge in [0.15, 0.2) is 0 Å². The maximum atomic E-state index is 11.8. The quantitative estimate of drug-likeness (QED) is 0.763. The van der Waals surface area contributed by atoms with Crippen LogP contribution in [0.3, 0.4) is 0 Å². The van der Waals surface area contributed by atoms with Gasteiger partial charge in [0, 0.05) is 12.1 Å². The van der Waals surface area contributed by atoms with Crippen LogP contribution < -0.4 is 11.2 Å². The Bertz CT molecular complexity index is 222. The maximum absolute atomic E-state index is 11.8. The maximum Gasteiger partial charge on any atom is 0.251 e. The van der Waals surface area contributed by atoms with E-state index in [2.05, 4.69) is 24.3 Å². The van der Waals surface area contributed by atoms with Gasteiger partial charge in [0.25, 0.3) is 5.91 Å². The standard InChI is InChI=1S/C12H25N3O/c1-4-6-11(13)12(16)14-15-9(2)7-5-8-10(15)3/h9-11H,4-8,13H2,1-3H3,(H,14,16). The number of carbonyl (C=O) groups is 1.